The molecular weight excluding hydrogens is 338 g/mol. The van der Waals surface area contributed by atoms with E-state index in [0.717, 1.165) is 10.4 Å². The topological polar surface area (TPSA) is 108 Å². The lowest BCUT2D eigenvalue weighted by atomic mass is 10.1. The zero-order chi connectivity index (χ0) is 17.4. The van der Waals surface area contributed by atoms with Gasteiger partial charge in [0.1, 0.15) is 4.83 Å². The van der Waals surface area contributed by atoms with Crippen LogP contribution < -0.4 is 5.73 Å². The van der Waals surface area contributed by atoms with E-state index in [-0.39, 0.29) is 5.69 Å². The van der Waals surface area contributed by atoms with Crippen molar-refractivity contribution in [2.45, 2.75) is 0 Å². The van der Waals surface area contributed by atoms with Crippen LogP contribution in [0.5, 0.6) is 0 Å². The summed E-state index contributed by atoms with van der Waals surface area (Å²) in [5.74, 6) is 0.526. The number of anilines is 1. The van der Waals surface area contributed by atoms with E-state index < -0.39 is 4.92 Å². The van der Waals surface area contributed by atoms with Crippen molar-refractivity contribution < 1.29 is 4.92 Å². The first-order valence-corrected chi connectivity index (χ1v) is 8.21. The molecule has 0 aliphatic rings. The summed E-state index contributed by atoms with van der Waals surface area (Å²) in [6.45, 7) is 0. The van der Waals surface area contributed by atoms with Gasteiger partial charge in [-0.3, -0.25) is 15.1 Å². The van der Waals surface area contributed by atoms with Gasteiger partial charge in [-0.15, -0.1) is 11.3 Å². The largest absolute Gasteiger partial charge is 0.397 e. The number of hydrogen-bond donors (Lipinski definition) is 1. The molecule has 0 amide bonds. The van der Waals surface area contributed by atoms with Crippen LogP contribution >= 0.6 is 11.3 Å². The first-order valence-electron chi connectivity index (χ1n) is 7.33. The molecule has 0 aliphatic carbocycles. The Morgan fingerprint density at radius 1 is 1.08 bits per heavy atom. The van der Waals surface area contributed by atoms with Crippen molar-refractivity contribution >= 4 is 32.9 Å². The summed E-state index contributed by atoms with van der Waals surface area (Å²) in [4.78, 5) is 24.6. The molecule has 0 radical (unpaired) electrons. The molecule has 0 bridgehead atoms. The van der Waals surface area contributed by atoms with Gasteiger partial charge in [-0.05, 0) is 12.1 Å². The molecule has 0 fully saturated rings. The Bertz CT molecular complexity index is 1090. The fraction of sp³-hybridized carbons (Fsp3) is 0. The molecule has 25 heavy (non-hydrogen) atoms. The van der Waals surface area contributed by atoms with Crippen molar-refractivity contribution in [2.75, 3.05) is 5.73 Å². The minimum atomic E-state index is -0.428. The average Bonchev–Trinajstić information content (AvgIpc) is 3.03. The van der Waals surface area contributed by atoms with Crippen LogP contribution in [-0.2, 0) is 0 Å². The highest BCUT2D eigenvalue weighted by Crippen LogP contribution is 2.36. The molecule has 0 aliphatic heterocycles. The van der Waals surface area contributed by atoms with Crippen molar-refractivity contribution in [3.63, 3.8) is 0 Å². The zero-order valence-corrected chi connectivity index (χ0v) is 13.6. The number of thiophene rings is 1. The molecule has 8 heteroatoms. The number of nitrogens with two attached hydrogens (primary N) is 1. The predicted molar refractivity (Wildman–Crippen MR) is 97.1 cm³/mol. The lowest BCUT2D eigenvalue weighted by molar-refractivity contribution is -0.384. The predicted octanol–water partition coefficient (Wildman–Crippen LogP) is 3.91. The van der Waals surface area contributed by atoms with Gasteiger partial charge in [-0.1, -0.05) is 12.1 Å². The van der Waals surface area contributed by atoms with Gasteiger partial charge in [0.25, 0.3) is 5.69 Å². The third-order valence-electron chi connectivity index (χ3n) is 3.73. The van der Waals surface area contributed by atoms with Crippen LogP contribution in [0, 0.1) is 10.1 Å². The molecule has 0 unspecified atom stereocenters. The van der Waals surface area contributed by atoms with Gasteiger partial charge in [0, 0.05) is 41.0 Å². The van der Waals surface area contributed by atoms with E-state index in [1.807, 2.05) is 12.1 Å². The first kappa shape index (κ1) is 15.2. The lowest BCUT2D eigenvalue weighted by Crippen LogP contribution is -1.96. The molecule has 4 rings (SSSR count). The Hall–Kier alpha value is -3.39. The number of fused-ring (bicyclic) bond motifs is 1. The lowest BCUT2D eigenvalue weighted by Gasteiger charge is -2.07. The number of benzene rings is 1. The molecule has 4 aromatic rings. The van der Waals surface area contributed by atoms with Gasteiger partial charge in [0.2, 0.25) is 0 Å². The Balaban J connectivity index is 2.00. The third-order valence-corrected chi connectivity index (χ3v) is 4.62. The van der Waals surface area contributed by atoms with E-state index in [4.69, 9.17) is 5.73 Å². The Kier molecular flexibility index (Phi) is 3.58. The maximum absolute atomic E-state index is 11.1. The average molecular weight is 349 g/mol. The van der Waals surface area contributed by atoms with E-state index in [1.54, 1.807) is 29.9 Å². The summed E-state index contributed by atoms with van der Waals surface area (Å²) in [6.07, 6.45) is 3.33. The molecule has 0 saturated heterocycles. The van der Waals surface area contributed by atoms with Crippen LogP contribution in [0.15, 0.2) is 54.2 Å². The highest BCUT2D eigenvalue weighted by atomic mass is 32.1. The summed E-state index contributed by atoms with van der Waals surface area (Å²) in [5.41, 5.74) is 8.67. The number of hydrogen-bond acceptors (Lipinski definition) is 7. The molecule has 0 saturated carbocycles. The highest BCUT2D eigenvalue weighted by Gasteiger charge is 2.17. The van der Waals surface area contributed by atoms with Crippen LogP contribution in [0.1, 0.15) is 0 Å². The molecule has 3 aromatic heterocycles. The Morgan fingerprint density at radius 2 is 1.88 bits per heavy atom. The molecule has 0 spiro atoms. The molecule has 7 nitrogen and oxygen atoms in total. The van der Waals surface area contributed by atoms with Crippen LogP contribution in [0.2, 0.25) is 0 Å². The van der Waals surface area contributed by atoms with Crippen LogP contribution in [0.3, 0.4) is 0 Å². The highest BCUT2D eigenvalue weighted by molar-refractivity contribution is 7.17. The van der Waals surface area contributed by atoms with Gasteiger partial charge in [-0.25, -0.2) is 9.97 Å². The fourth-order valence-corrected chi connectivity index (χ4v) is 3.40. The van der Waals surface area contributed by atoms with Gasteiger partial charge >= 0.3 is 0 Å². The molecule has 2 N–H and O–H groups in total. The number of pyridine rings is 1. The van der Waals surface area contributed by atoms with E-state index >= 15 is 0 Å². The second-order valence-electron chi connectivity index (χ2n) is 5.31. The summed E-state index contributed by atoms with van der Waals surface area (Å²) in [6, 6.07) is 9.99. The van der Waals surface area contributed by atoms with E-state index in [2.05, 4.69) is 15.0 Å². The molecule has 3 heterocycles. The number of nitro groups is 1. The van der Waals surface area contributed by atoms with Gasteiger partial charge in [-0.2, -0.15) is 0 Å². The number of rotatable bonds is 3. The number of nitrogens with zero attached hydrogens (tertiary/aromatic N) is 4. The van der Waals surface area contributed by atoms with Crippen molar-refractivity contribution in [2.24, 2.45) is 0 Å². The van der Waals surface area contributed by atoms with E-state index in [1.165, 1.54) is 23.5 Å². The van der Waals surface area contributed by atoms with Gasteiger partial charge in [0.15, 0.2) is 5.82 Å². The van der Waals surface area contributed by atoms with E-state index in [9.17, 15) is 10.1 Å². The number of aromatic nitrogens is 3. The zero-order valence-electron chi connectivity index (χ0n) is 12.8. The number of non-ortho nitro benzene ring substituents is 1. The maximum Gasteiger partial charge on any atom is 0.270 e. The SMILES string of the molecule is Nc1csc2nc(-c3ccncc3)nc(-c3cccc([N+](=O)[O-])c3)c12. The van der Waals surface area contributed by atoms with Crippen molar-refractivity contribution in [3.8, 4) is 22.6 Å². The minimum absolute atomic E-state index is 0.00326. The van der Waals surface area contributed by atoms with Crippen molar-refractivity contribution in [1.29, 1.82) is 0 Å². The standard InChI is InChI=1S/C17H11N5O2S/c18-13-9-25-17-14(13)15(11-2-1-3-12(8-11)22(23)24)20-16(21-17)10-4-6-19-7-5-10/h1-9H,18H2. The van der Waals surface area contributed by atoms with Crippen LogP contribution in [0.4, 0.5) is 11.4 Å². The van der Waals surface area contributed by atoms with Crippen molar-refractivity contribution in [1.82, 2.24) is 15.0 Å². The Morgan fingerprint density at radius 3 is 2.64 bits per heavy atom. The second-order valence-corrected chi connectivity index (χ2v) is 6.17. The van der Waals surface area contributed by atoms with Crippen LogP contribution in [0.25, 0.3) is 32.9 Å². The monoisotopic (exact) mass is 349 g/mol. The third kappa shape index (κ3) is 2.68. The number of nitrogen functional groups attached to an aromatic ring is 1. The summed E-state index contributed by atoms with van der Waals surface area (Å²) >= 11 is 1.42. The van der Waals surface area contributed by atoms with Gasteiger partial charge < -0.3 is 5.73 Å². The molecule has 1 aromatic carbocycles. The molecule has 122 valence electrons. The summed E-state index contributed by atoms with van der Waals surface area (Å²) < 4.78 is 0. The summed E-state index contributed by atoms with van der Waals surface area (Å²) in [7, 11) is 0. The molecular formula is C17H11N5O2S. The first-order chi connectivity index (χ1) is 12.1. The van der Waals surface area contributed by atoms with E-state index in [0.29, 0.717) is 28.2 Å². The smallest absolute Gasteiger partial charge is 0.270 e. The molecule has 0 atom stereocenters. The van der Waals surface area contributed by atoms with Crippen LogP contribution in [-0.4, -0.2) is 19.9 Å². The van der Waals surface area contributed by atoms with Gasteiger partial charge in [0.05, 0.1) is 21.7 Å². The Labute approximate surface area is 146 Å². The maximum atomic E-state index is 11.1. The second kappa shape index (κ2) is 5.91. The minimum Gasteiger partial charge on any atom is -0.397 e. The normalized spacial score (nSPS) is 10.9. The van der Waals surface area contributed by atoms with Crippen molar-refractivity contribution in [3.05, 3.63) is 64.3 Å². The quantitative estimate of drug-likeness (QED) is 0.444. The summed E-state index contributed by atoms with van der Waals surface area (Å²) in [5, 5.41) is 13.6. The number of nitro benzene ring substituents is 1. The fourth-order valence-electron chi connectivity index (χ4n) is 2.57.